The van der Waals surface area contributed by atoms with Crippen LogP contribution in [0.4, 0.5) is 5.82 Å². The lowest BCUT2D eigenvalue weighted by Gasteiger charge is -2.10. The number of rotatable bonds is 4. The zero-order chi connectivity index (χ0) is 10.9. The molecular weight excluding hydrogens is 194 g/mol. The molecule has 1 aliphatic carbocycles. The van der Waals surface area contributed by atoms with E-state index in [-0.39, 0.29) is 5.69 Å². The normalized spacial score (nSPS) is 17.1. The second-order valence-electron chi connectivity index (χ2n) is 4.26. The Morgan fingerprint density at radius 1 is 1.60 bits per heavy atom. The standard InChI is InChI=1S/C10H13N3O2/c1-10(2-3-10)5-11-8-4-7(9(14)15)12-6-13-8/h4,6H,2-3,5H2,1H3,(H,14,15)(H,11,12,13). The van der Waals surface area contributed by atoms with Crippen LogP contribution in [0, 0.1) is 5.41 Å². The smallest absolute Gasteiger partial charge is 0.354 e. The minimum Gasteiger partial charge on any atom is -0.477 e. The number of aromatic carboxylic acids is 1. The molecule has 1 fully saturated rings. The molecule has 1 aromatic heterocycles. The summed E-state index contributed by atoms with van der Waals surface area (Å²) in [6, 6.07) is 1.45. The van der Waals surface area contributed by atoms with Crippen molar-refractivity contribution in [2.75, 3.05) is 11.9 Å². The molecule has 80 valence electrons. The number of carbonyl (C=O) groups is 1. The molecule has 1 aromatic rings. The highest BCUT2D eigenvalue weighted by Gasteiger charge is 2.36. The number of nitrogens with zero attached hydrogens (tertiary/aromatic N) is 2. The van der Waals surface area contributed by atoms with E-state index in [1.54, 1.807) is 0 Å². The summed E-state index contributed by atoms with van der Waals surface area (Å²) in [5.74, 6) is -0.450. The molecule has 0 unspecified atom stereocenters. The van der Waals surface area contributed by atoms with Gasteiger partial charge in [-0.2, -0.15) is 0 Å². The van der Waals surface area contributed by atoms with Gasteiger partial charge in [0.25, 0.3) is 0 Å². The number of carboxylic acid groups (broad SMARTS) is 1. The second kappa shape index (κ2) is 3.49. The SMILES string of the molecule is CC1(CNc2cc(C(=O)O)ncn2)CC1. The van der Waals surface area contributed by atoms with E-state index in [4.69, 9.17) is 5.11 Å². The molecule has 0 spiro atoms. The molecule has 5 heteroatoms. The van der Waals surface area contributed by atoms with Crippen LogP contribution in [0.15, 0.2) is 12.4 Å². The van der Waals surface area contributed by atoms with E-state index in [1.165, 1.54) is 25.2 Å². The van der Waals surface area contributed by atoms with E-state index >= 15 is 0 Å². The van der Waals surface area contributed by atoms with Crippen molar-refractivity contribution < 1.29 is 9.90 Å². The fraction of sp³-hybridized carbons (Fsp3) is 0.500. The lowest BCUT2D eigenvalue weighted by Crippen LogP contribution is -2.13. The predicted molar refractivity (Wildman–Crippen MR) is 54.8 cm³/mol. The van der Waals surface area contributed by atoms with Crippen molar-refractivity contribution in [2.24, 2.45) is 5.41 Å². The third-order valence-electron chi connectivity index (χ3n) is 2.69. The van der Waals surface area contributed by atoms with E-state index < -0.39 is 5.97 Å². The summed E-state index contributed by atoms with van der Waals surface area (Å²) in [6.45, 7) is 3.03. The van der Waals surface area contributed by atoms with Gasteiger partial charge in [-0.1, -0.05) is 6.92 Å². The average molecular weight is 207 g/mol. The van der Waals surface area contributed by atoms with Crippen molar-refractivity contribution in [1.29, 1.82) is 0 Å². The maximum atomic E-state index is 10.6. The number of nitrogens with one attached hydrogen (secondary N) is 1. The lowest BCUT2D eigenvalue weighted by atomic mass is 10.1. The number of carboxylic acids is 1. The van der Waals surface area contributed by atoms with Gasteiger partial charge in [0.15, 0.2) is 5.69 Å². The topological polar surface area (TPSA) is 75.1 Å². The first kappa shape index (κ1) is 9.89. The summed E-state index contributed by atoms with van der Waals surface area (Å²) in [5, 5.41) is 11.9. The van der Waals surface area contributed by atoms with Crippen LogP contribution in [0.5, 0.6) is 0 Å². The number of aromatic nitrogens is 2. The van der Waals surface area contributed by atoms with E-state index in [0.717, 1.165) is 6.54 Å². The highest BCUT2D eigenvalue weighted by atomic mass is 16.4. The average Bonchev–Trinajstić information content (AvgIpc) is 2.95. The molecule has 1 saturated carbocycles. The van der Waals surface area contributed by atoms with E-state index in [1.807, 2.05) is 0 Å². The molecule has 1 aliphatic rings. The minimum absolute atomic E-state index is 0.0217. The molecule has 0 aromatic carbocycles. The molecule has 0 atom stereocenters. The Labute approximate surface area is 87.6 Å². The van der Waals surface area contributed by atoms with Crippen LogP contribution in [0.1, 0.15) is 30.3 Å². The summed E-state index contributed by atoms with van der Waals surface area (Å²) in [5.41, 5.74) is 0.391. The van der Waals surface area contributed by atoms with Crippen LogP contribution < -0.4 is 5.32 Å². The molecule has 15 heavy (non-hydrogen) atoms. The van der Waals surface area contributed by atoms with Gasteiger partial charge in [0.05, 0.1) is 0 Å². The zero-order valence-corrected chi connectivity index (χ0v) is 8.53. The van der Waals surface area contributed by atoms with Crippen molar-refractivity contribution in [3.63, 3.8) is 0 Å². The first-order chi connectivity index (χ1) is 7.09. The second-order valence-corrected chi connectivity index (χ2v) is 4.26. The third kappa shape index (κ3) is 2.43. The Balaban J connectivity index is 2.01. The molecule has 0 amide bonds. The van der Waals surface area contributed by atoms with Gasteiger partial charge in [0.1, 0.15) is 12.1 Å². The Morgan fingerprint density at radius 3 is 2.93 bits per heavy atom. The zero-order valence-electron chi connectivity index (χ0n) is 8.53. The quantitative estimate of drug-likeness (QED) is 0.780. The van der Waals surface area contributed by atoms with Gasteiger partial charge in [-0.3, -0.25) is 0 Å². The highest BCUT2D eigenvalue weighted by molar-refractivity contribution is 5.85. The van der Waals surface area contributed by atoms with Crippen LogP contribution in [0.25, 0.3) is 0 Å². The van der Waals surface area contributed by atoms with Crippen LogP contribution in [0.3, 0.4) is 0 Å². The van der Waals surface area contributed by atoms with Crippen molar-refractivity contribution in [2.45, 2.75) is 19.8 Å². The van der Waals surface area contributed by atoms with Crippen molar-refractivity contribution in [3.8, 4) is 0 Å². The van der Waals surface area contributed by atoms with Crippen molar-refractivity contribution >= 4 is 11.8 Å². The number of hydrogen-bond acceptors (Lipinski definition) is 4. The molecular formula is C10H13N3O2. The molecule has 0 radical (unpaired) electrons. The van der Waals surface area contributed by atoms with Gasteiger partial charge in [-0.15, -0.1) is 0 Å². The fourth-order valence-corrected chi connectivity index (χ4v) is 1.27. The summed E-state index contributed by atoms with van der Waals surface area (Å²) < 4.78 is 0. The van der Waals surface area contributed by atoms with Gasteiger partial charge in [-0.25, -0.2) is 14.8 Å². The van der Waals surface area contributed by atoms with Gasteiger partial charge in [-0.05, 0) is 18.3 Å². The first-order valence-corrected chi connectivity index (χ1v) is 4.88. The van der Waals surface area contributed by atoms with E-state index in [9.17, 15) is 4.79 Å². The first-order valence-electron chi connectivity index (χ1n) is 4.88. The Bertz CT molecular complexity index is 388. The minimum atomic E-state index is -1.03. The van der Waals surface area contributed by atoms with Crippen molar-refractivity contribution in [3.05, 3.63) is 18.1 Å². The van der Waals surface area contributed by atoms with Crippen LogP contribution in [-0.2, 0) is 0 Å². The van der Waals surface area contributed by atoms with E-state index in [0.29, 0.717) is 11.2 Å². The summed E-state index contributed by atoms with van der Waals surface area (Å²) in [6.07, 6.45) is 3.70. The summed E-state index contributed by atoms with van der Waals surface area (Å²) >= 11 is 0. The maximum Gasteiger partial charge on any atom is 0.354 e. The van der Waals surface area contributed by atoms with Crippen molar-refractivity contribution in [1.82, 2.24) is 9.97 Å². The van der Waals surface area contributed by atoms with Gasteiger partial charge in [0, 0.05) is 12.6 Å². The largest absolute Gasteiger partial charge is 0.477 e. The van der Waals surface area contributed by atoms with Gasteiger partial charge < -0.3 is 10.4 Å². The molecule has 2 rings (SSSR count). The Hall–Kier alpha value is -1.65. The van der Waals surface area contributed by atoms with Crippen LogP contribution in [0.2, 0.25) is 0 Å². The number of anilines is 1. The predicted octanol–water partition coefficient (Wildman–Crippen LogP) is 1.39. The lowest BCUT2D eigenvalue weighted by molar-refractivity contribution is 0.0690. The Kier molecular flexibility index (Phi) is 2.30. The van der Waals surface area contributed by atoms with Gasteiger partial charge in [0.2, 0.25) is 0 Å². The molecule has 0 aliphatic heterocycles. The summed E-state index contributed by atoms with van der Waals surface area (Å²) in [7, 11) is 0. The van der Waals surface area contributed by atoms with Crippen LogP contribution >= 0.6 is 0 Å². The maximum absolute atomic E-state index is 10.6. The molecule has 1 heterocycles. The molecule has 2 N–H and O–H groups in total. The van der Waals surface area contributed by atoms with E-state index in [2.05, 4.69) is 22.2 Å². The monoisotopic (exact) mass is 207 g/mol. The van der Waals surface area contributed by atoms with Crippen LogP contribution in [-0.4, -0.2) is 27.6 Å². The number of hydrogen-bond donors (Lipinski definition) is 2. The Morgan fingerprint density at radius 2 is 2.33 bits per heavy atom. The third-order valence-corrected chi connectivity index (χ3v) is 2.69. The van der Waals surface area contributed by atoms with Gasteiger partial charge >= 0.3 is 5.97 Å². The molecule has 5 nitrogen and oxygen atoms in total. The fourth-order valence-electron chi connectivity index (χ4n) is 1.27. The molecule has 0 saturated heterocycles. The molecule has 0 bridgehead atoms. The summed E-state index contributed by atoms with van der Waals surface area (Å²) in [4.78, 5) is 18.3. The highest BCUT2D eigenvalue weighted by Crippen LogP contribution is 2.44.